The predicted molar refractivity (Wildman–Crippen MR) is 327 cm³/mol. The van der Waals surface area contributed by atoms with Gasteiger partial charge in [-0.25, -0.2) is 4.90 Å². The Morgan fingerprint density at radius 1 is 0.487 bits per heavy atom. The van der Waals surface area contributed by atoms with Gasteiger partial charge in [0.05, 0.1) is 16.8 Å². The van der Waals surface area contributed by atoms with E-state index in [9.17, 15) is 0 Å². The fourth-order valence-electron chi connectivity index (χ4n) is 12.9. The lowest BCUT2D eigenvalue weighted by atomic mass is 9.72. The predicted octanol–water partition coefficient (Wildman–Crippen LogP) is 19.3. The zero-order chi connectivity index (χ0) is 56.0. The highest BCUT2D eigenvalue weighted by Crippen LogP contribution is 2.53. The molecule has 0 saturated carbocycles. The Morgan fingerprint density at radius 2 is 0.936 bits per heavy atom. The number of hydrogen-bond donors (Lipinski definition) is 0. The standard InChI is InChI=1S/C72H76N2O4/c1-43(2)52-19-17-20-53(44(3)4)66(52)74-67(75)57-39-59(77-50-34-28-47(29-35-50)71(11,12)41-69(5,6)7)63-55-22-18-21-54-46(26-23-45-24-32-49(33-25-45)73(15)16)27-38-56(61(54)55)64-60(40-58(68(74)76)62(57)65(63)64)78-51-36-30-48(31-37-51)72(13,14)42-70(8,9)10/h17-22,24-25,27-40,43-44H,41-42H2,1-16H3. The van der Waals surface area contributed by atoms with Crippen LogP contribution < -0.4 is 19.3 Å². The molecule has 0 N–H and O–H groups in total. The molecule has 9 aromatic rings. The minimum absolute atomic E-state index is 0.0248. The van der Waals surface area contributed by atoms with Gasteiger partial charge in [0, 0.05) is 52.5 Å². The molecule has 0 atom stereocenters. The molecule has 1 heterocycles. The van der Waals surface area contributed by atoms with Gasteiger partial charge >= 0.3 is 0 Å². The van der Waals surface area contributed by atoms with E-state index in [1.807, 2.05) is 68.7 Å². The molecule has 10 rings (SSSR count). The molecule has 1 aliphatic heterocycles. The zero-order valence-electron chi connectivity index (χ0n) is 48.8. The smallest absolute Gasteiger partial charge is 0.266 e. The van der Waals surface area contributed by atoms with Crippen molar-refractivity contribution in [2.24, 2.45) is 10.8 Å². The molecular formula is C72H76N2O4. The molecule has 0 fully saturated rings. The van der Waals surface area contributed by atoms with E-state index in [-0.39, 0.29) is 45.3 Å². The van der Waals surface area contributed by atoms with E-state index in [4.69, 9.17) is 9.47 Å². The number of nitrogens with zero attached hydrogens (tertiary/aromatic N) is 2. The summed E-state index contributed by atoms with van der Waals surface area (Å²) in [6.45, 7) is 31.3. The molecule has 0 radical (unpaired) electrons. The van der Waals surface area contributed by atoms with Crippen molar-refractivity contribution in [2.45, 2.75) is 132 Å². The first-order chi connectivity index (χ1) is 36.7. The molecule has 0 spiro atoms. The van der Waals surface area contributed by atoms with Gasteiger partial charge in [-0.2, -0.15) is 0 Å². The van der Waals surface area contributed by atoms with E-state index in [1.54, 1.807) is 0 Å². The number of ether oxygens (including phenoxy) is 2. The van der Waals surface area contributed by atoms with E-state index < -0.39 is 0 Å². The van der Waals surface area contributed by atoms with E-state index in [1.165, 1.54) is 16.0 Å². The summed E-state index contributed by atoms with van der Waals surface area (Å²) in [4.78, 5) is 35.2. The minimum Gasteiger partial charge on any atom is -0.457 e. The molecule has 78 heavy (non-hydrogen) atoms. The highest BCUT2D eigenvalue weighted by Gasteiger charge is 2.40. The number of benzene rings is 9. The lowest BCUT2D eigenvalue weighted by Crippen LogP contribution is -2.42. The maximum Gasteiger partial charge on any atom is 0.266 e. The Bertz CT molecular complexity index is 3690. The van der Waals surface area contributed by atoms with Crippen LogP contribution in [-0.2, 0) is 10.8 Å². The molecular weight excluding hydrogens is 957 g/mol. The summed E-state index contributed by atoms with van der Waals surface area (Å²) in [5, 5.41) is 6.69. The van der Waals surface area contributed by atoms with Crippen LogP contribution in [0.1, 0.15) is 176 Å². The van der Waals surface area contributed by atoms with Gasteiger partial charge in [0.2, 0.25) is 0 Å². The SMILES string of the molecule is CC(C)c1cccc(C(C)C)c1N1C(=O)c2cc(Oc3ccc(C(C)(C)CC(C)(C)C)cc3)c3c4cccc5c(C#Cc6ccc(N(C)C)cc6)ccc(c6c(Oc7ccc(C(C)(C)CC(C)(C)C)cc7)cc(c2c36)C1=O)c54. The summed E-state index contributed by atoms with van der Waals surface area (Å²) in [7, 11) is 4.07. The Labute approximate surface area is 463 Å². The van der Waals surface area contributed by atoms with Gasteiger partial charge in [-0.15, -0.1) is 0 Å². The molecule has 398 valence electrons. The van der Waals surface area contributed by atoms with Gasteiger partial charge in [-0.1, -0.05) is 176 Å². The topological polar surface area (TPSA) is 59.1 Å². The van der Waals surface area contributed by atoms with Gasteiger partial charge in [0.15, 0.2) is 0 Å². The van der Waals surface area contributed by atoms with Crippen molar-refractivity contribution in [1.29, 1.82) is 0 Å². The quantitative estimate of drug-likeness (QED) is 0.0528. The summed E-state index contributed by atoms with van der Waals surface area (Å²) in [6.07, 6.45) is 2.00. The first-order valence-electron chi connectivity index (χ1n) is 27.8. The Morgan fingerprint density at radius 3 is 1.38 bits per heavy atom. The van der Waals surface area contributed by atoms with Crippen molar-refractivity contribution >= 4 is 66.3 Å². The number of anilines is 2. The second kappa shape index (κ2) is 19.7. The third-order valence-corrected chi connectivity index (χ3v) is 15.7. The van der Waals surface area contributed by atoms with Crippen molar-refractivity contribution in [3.63, 3.8) is 0 Å². The number of carbonyl (C=O) groups is 2. The zero-order valence-corrected chi connectivity index (χ0v) is 48.8. The van der Waals surface area contributed by atoms with Crippen molar-refractivity contribution in [2.75, 3.05) is 23.9 Å². The van der Waals surface area contributed by atoms with Crippen LogP contribution in [-0.4, -0.2) is 25.9 Å². The molecule has 0 aliphatic carbocycles. The molecule has 9 aromatic carbocycles. The number of fused-ring (bicyclic) bond motifs is 2. The van der Waals surface area contributed by atoms with Gasteiger partial charge in [0.1, 0.15) is 23.0 Å². The minimum atomic E-state index is -0.389. The Balaban J connectivity index is 1.28. The van der Waals surface area contributed by atoms with Crippen molar-refractivity contribution in [3.8, 4) is 34.8 Å². The first-order valence-corrected chi connectivity index (χ1v) is 27.8. The van der Waals surface area contributed by atoms with E-state index >= 15 is 9.59 Å². The molecule has 1 aliphatic rings. The lowest BCUT2D eigenvalue weighted by Gasteiger charge is -2.34. The van der Waals surface area contributed by atoms with Crippen LogP contribution in [0.4, 0.5) is 11.4 Å². The van der Waals surface area contributed by atoms with Crippen LogP contribution in [0.15, 0.2) is 133 Å². The molecule has 0 aromatic heterocycles. The maximum atomic E-state index is 15.9. The summed E-state index contributed by atoms with van der Waals surface area (Å²) >= 11 is 0. The summed E-state index contributed by atoms with van der Waals surface area (Å²) < 4.78 is 14.5. The third-order valence-electron chi connectivity index (χ3n) is 15.7. The molecule has 6 nitrogen and oxygen atoms in total. The van der Waals surface area contributed by atoms with Crippen molar-refractivity contribution in [3.05, 3.63) is 178 Å². The second-order valence-electron chi connectivity index (χ2n) is 26.5. The number of imide groups is 1. The van der Waals surface area contributed by atoms with Gasteiger partial charge < -0.3 is 14.4 Å². The molecule has 0 bridgehead atoms. The fraction of sp³-hybridized carbons (Fsp3) is 0.333. The molecule has 0 saturated heterocycles. The van der Waals surface area contributed by atoms with Crippen LogP contribution in [0.2, 0.25) is 0 Å². The maximum absolute atomic E-state index is 15.9. The molecule has 2 amide bonds. The Kier molecular flexibility index (Phi) is 13.6. The number of carbonyl (C=O) groups excluding carboxylic acids is 2. The number of amides is 2. The first kappa shape index (κ1) is 53.8. The fourth-order valence-corrected chi connectivity index (χ4v) is 12.9. The third kappa shape index (κ3) is 9.98. The lowest BCUT2D eigenvalue weighted by molar-refractivity contribution is 0.0892. The average molecular weight is 1030 g/mol. The van der Waals surface area contributed by atoms with E-state index in [0.29, 0.717) is 45.2 Å². The van der Waals surface area contributed by atoms with Crippen LogP contribution >= 0.6 is 0 Å². The number of hydrogen-bond acceptors (Lipinski definition) is 5. The van der Waals surface area contributed by atoms with E-state index in [0.717, 1.165) is 78.5 Å². The Hall–Kier alpha value is -7.62. The van der Waals surface area contributed by atoms with Crippen LogP contribution in [0.3, 0.4) is 0 Å². The van der Waals surface area contributed by atoms with Gasteiger partial charge in [0.25, 0.3) is 11.8 Å². The summed E-state index contributed by atoms with van der Waals surface area (Å²) in [5.41, 5.74) is 8.71. The van der Waals surface area contributed by atoms with Gasteiger partial charge in [-0.3, -0.25) is 9.59 Å². The molecule has 6 heteroatoms. The van der Waals surface area contributed by atoms with Crippen molar-refractivity contribution in [1.82, 2.24) is 0 Å². The highest BCUT2D eigenvalue weighted by atomic mass is 16.5. The largest absolute Gasteiger partial charge is 0.457 e. The van der Waals surface area contributed by atoms with E-state index in [2.05, 4.69) is 193 Å². The van der Waals surface area contributed by atoms with Crippen molar-refractivity contribution < 1.29 is 19.1 Å². The van der Waals surface area contributed by atoms with Crippen LogP contribution in [0.25, 0.3) is 43.1 Å². The normalized spacial score (nSPS) is 13.4. The molecule has 0 unspecified atom stereocenters. The number of para-hydroxylation sites is 1. The highest BCUT2D eigenvalue weighted by molar-refractivity contribution is 6.44. The average Bonchev–Trinajstić information content (AvgIpc) is 3.55. The summed E-state index contributed by atoms with van der Waals surface area (Å²) in [6, 6.07) is 45.6. The second-order valence-corrected chi connectivity index (χ2v) is 26.5. The monoisotopic (exact) mass is 1030 g/mol. The van der Waals surface area contributed by atoms with Crippen LogP contribution in [0.5, 0.6) is 23.0 Å². The number of rotatable bonds is 12. The van der Waals surface area contributed by atoms with Gasteiger partial charge in [-0.05, 0) is 157 Å². The van der Waals surface area contributed by atoms with Crippen LogP contribution in [0, 0.1) is 22.7 Å². The summed E-state index contributed by atoms with van der Waals surface area (Å²) in [5.74, 6) is 8.57.